The van der Waals surface area contributed by atoms with Crippen LogP contribution in [0.15, 0.2) is 24.3 Å². The van der Waals surface area contributed by atoms with Gasteiger partial charge in [-0.25, -0.2) is 9.18 Å². The molecule has 132 valence electrons. The Bertz CT molecular complexity index is 562. The zero-order valence-corrected chi connectivity index (χ0v) is 13.6. The highest BCUT2D eigenvalue weighted by molar-refractivity contribution is 5.85. The Morgan fingerprint density at radius 2 is 1.75 bits per heavy atom. The molecule has 1 atom stereocenters. The average molecular weight is 340 g/mol. The lowest BCUT2D eigenvalue weighted by atomic mass is 10.2. The molecule has 0 fully saturated rings. The highest BCUT2D eigenvalue weighted by Gasteiger charge is 2.16. The van der Waals surface area contributed by atoms with E-state index < -0.39 is 23.8 Å². The molecule has 0 heterocycles. The lowest BCUT2D eigenvalue weighted by Crippen LogP contribution is -2.41. The van der Waals surface area contributed by atoms with E-state index in [0.29, 0.717) is 0 Å². The van der Waals surface area contributed by atoms with Crippen molar-refractivity contribution in [1.29, 1.82) is 0 Å². The molecular weight excluding hydrogens is 319 g/mol. The van der Waals surface area contributed by atoms with Gasteiger partial charge in [-0.15, -0.1) is 0 Å². The van der Waals surface area contributed by atoms with E-state index in [0.717, 1.165) is 5.56 Å². The highest BCUT2D eigenvalue weighted by Crippen LogP contribution is 2.01. The summed E-state index contributed by atoms with van der Waals surface area (Å²) in [6, 6.07) is 4.93. The van der Waals surface area contributed by atoms with Crippen LogP contribution in [-0.2, 0) is 30.4 Å². The van der Waals surface area contributed by atoms with Crippen molar-refractivity contribution in [3.05, 3.63) is 35.6 Å². The van der Waals surface area contributed by atoms with Gasteiger partial charge < -0.3 is 20.1 Å². The number of esters is 1. The van der Waals surface area contributed by atoms with E-state index in [2.05, 4.69) is 10.6 Å². The lowest BCUT2D eigenvalue weighted by molar-refractivity contribution is -0.147. The van der Waals surface area contributed by atoms with Crippen molar-refractivity contribution in [3.8, 4) is 0 Å². The third-order valence-corrected chi connectivity index (χ3v) is 2.89. The number of hydrogen-bond acceptors (Lipinski definition) is 5. The van der Waals surface area contributed by atoms with Crippen LogP contribution in [0.1, 0.15) is 19.4 Å². The molecule has 0 spiro atoms. The van der Waals surface area contributed by atoms with Crippen LogP contribution in [0, 0.1) is 5.82 Å². The summed E-state index contributed by atoms with van der Waals surface area (Å²) in [6.07, 6.45) is 0. The van der Waals surface area contributed by atoms with Gasteiger partial charge in [-0.2, -0.15) is 0 Å². The van der Waals surface area contributed by atoms with Crippen molar-refractivity contribution in [2.45, 2.75) is 26.4 Å². The predicted octanol–water partition coefficient (Wildman–Crippen LogP) is 0.526. The van der Waals surface area contributed by atoms with Gasteiger partial charge in [0.25, 0.3) is 0 Å². The molecule has 8 heteroatoms. The zero-order chi connectivity index (χ0) is 17.9. The van der Waals surface area contributed by atoms with Crippen molar-refractivity contribution in [3.63, 3.8) is 0 Å². The zero-order valence-electron chi connectivity index (χ0n) is 13.6. The number of halogens is 1. The van der Waals surface area contributed by atoms with Crippen molar-refractivity contribution < 1.29 is 28.2 Å². The fourth-order valence-corrected chi connectivity index (χ4v) is 1.70. The van der Waals surface area contributed by atoms with Gasteiger partial charge in [-0.05, 0) is 31.5 Å². The molecule has 1 aromatic rings. The first-order chi connectivity index (χ1) is 11.4. The summed E-state index contributed by atoms with van der Waals surface area (Å²) in [6.45, 7) is 2.96. The van der Waals surface area contributed by atoms with E-state index in [1.165, 1.54) is 19.1 Å². The Kier molecular flexibility index (Phi) is 8.42. The van der Waals surface area contributed by atoms with Gasteiger partial charge in [-0.1, -0.05) is 12.1 Å². The van der Waals surface area contributed by atoms with E-state index in [9.17, 15) is 18.8 Å². The van der Waals surface area contributed by atoms with Crippen molar-refractivity contribution in [1.82, 2.24) is 10.6 Å². The molecule has 2 N–H and O–H groups in total. The van der Waals surface area contributed by atoms with E-state index in [1.807, 2.05) is 0 Å². The third-order valence-electron chi connectivity index (χ3n) is 2.89. The van der Waals surface area contributed by atoms with Crippen LogP contribution < -0.4 is 10.6 Å². The van der Waals surface area contributed by atoms with Gasteiger partial charge in [0.15, 0.2) is 0 Å². The molecule has 0 bridgehead atoms. The molecule has 0 saturated carbocycles. The maximum absolute atomic E-state index is 12.7. The van der Waals surface area contributed by atoms with Crippen molar-refractivity contribution in [2.75, 3.05) is 19.8 Å². The smallest absolute Gasteiger partial charge is 0.328 e. The number of carbonyl (C=O) groups excluding carboxylic acids is 3. The summed E-state index contributed by atoms with van der Waals surface area (Å²) in [4.78, 5) is 34.4. The first kappa shape index (κ1) is 19.6. The number of rotatable bonds is 9. The first-order valence-electron chi connectivity index (χ1n) is 7.47. The molecule has 7 nitrogen and oxygen atoms in total. The summed E-state index contributed by atoms with van der Waals surface area (Å²) in [5.41, 5.74) is 0.741. The highest BCUT2D eigenvalue weighted by atomic mass is 19.1. The van der Waals surface area contributed by atoms with E-state index in [-0.39, 0.29) is 32.2 Å². The molecule has 0 saturated heterocycles. The maximum atomic E-state index is 12.7. The molecule has 1 aromatic carbocycles. The van der Waals surface area contributed by atoms with E-state index in [4.69, 9.17) is 9.47 Å². The molecule has 0 aromatic heterocycles. The summed E-state index contributed by atoms with van der Waals surface area (Å²) < 4.78 is 22.5. The predicted molar refractivity (Wildman–Crippen MR) is 83.3 cm³/mol. The number of carbonyl (C=O) groups is 3. The normalized spacial score (nSPS) is 11.5. The number of ether oxygens (including phenoxy) is 2. The Hall–Kier alpha value is -2.48. The van der Waals surface area contributed by atoms with Gasteiger partial charge in [0.1, 0.15) is 25.1 Å². The topological polar surface area (TPSA) is 93.7 Å². The van der Waals surface area contributed by atoms with Crippen molar-refractivity contribution in [2.24, 2.45) is 0 Å². The van der Waals surface area contributed by atoms with Crippen LogP contribution in [0.25, 0.3) is 0 Å². The molecule has 2 amide bonds. The van der Waals surface area contributed by atoms with Gasteiger partial charge in [0.2, 0.25) is 11.8 Å². The fraction of sp³-hybridized carbons (Fsp3) is 0.438. The minimum absolute atomic E-state index is 0.226. The van der Waals surface area contributed by atoms with Gasteiger partial charge in [0, 0.05) is 6.54 Å². The number of nitrogens with one attached hydrogen (secondary N) is 2. The van der Waals surface area contributed by atoms with Crippen LogP contribution in [0.3, 0.4) is 0 Å². The summed E-state index contributed by atoms with van der Waals surface area (Å²) in [5, 5.41) is 4.97. The largest absolute Gasteiger partial charge is 0.464 e. The summed E-state index contributed by atoms with van der Waals surface area (Å²) in [7, 11) is 0. The van der Waals surface area contributed by atoms with Crippen LogP contribution in [0.5, 0.6) is 0 Å². The Morgan fingerprint density at radius 1 is 1.12 bits per heavy atom. The molecular formula is C16H21FN2O5. The Morgan fingerprint density at radius 3 is 2.38 bits per heavy atom. The van der Waals surface area contributed by atoms with E-state index in [1.54, 1.807) is 19.1 Å². The molecule has 24 heavy (non-hydrogen) atoms. The second-order valence-electron chi connectivity index (χ2n) is 4.94. The number of benzene rings is 1. The first-order valence-corrected chi connectivity index (χ1v) is 7.47. The summed E-state index contributed by atoms with van der Waals surface area (Å²) >= 11 is 0. The molecule has 0 aliphatic carbocycles. The molecule has 0 radical (unpaired) electrons. The Labute approximate surface area is 139 Å². The van der Waals surface area contributed by atoms with E-state index >= 15 is 0 Å². The SMILES string of the molecule is CCOC(=O)[C@H](C)NC(=O)COCC(=O)NCc1ccc(F)cc1. The molecule has 1 rings (SSSR count). The second-order valence-corrected chi connectivity index (χ2v) is 4.94. The van der Waals surface area contributed by atoms with Gasteiger partial charge in [0.05, 0.1) is 6.61 Å². The minimum Gasteiger partial charge on any atom is -0.464 e. The molecule has 0 aliphatic rings. The standard InChI is InChI=1S/C16H21FN2O5/c1-3-24-16(22)11(2)19-15(21)10-23-9-14(20)18-8-12-4-6-13(17)7-5-12/h4-7,11H,3,8-10H2,1-2H3,(H,18,20)(H,19,21)/t11-/m0/s1. The molecule has 0 unspecified atom stereocenters. The number of hydrogen-bond donors (Lipinski definition) is 2. The lowest BCUT2D eigenvalue weighted by Gasteiger charge is -2.12. The number of amides is 2. The fourth-order valence-electron chi connectivity index (χ4n) is 1.70. The summed E-state index contributed by atoms with van der Waals surface area (Å²) in [5.74, 6) is -1.83. The van der Waals surface area contributed by atoms with Crippen molar-refractivity contribution >= 4 is 17.8 Å². The monoisotopic (exact) mass is 340 g/mol. The minimum atomic E-state index is -0.784. The van der Waals surface area contributed by atoms with Gasteiger partial charge >= 0.3 is 5.97 Å². The Balaban J connectivity index is 2.19. The van der Waals surface area contributed by atoms with Gasteiger partial charge in [-0.3, -0.25) is 9.59 Å². The average Bonchev–Trinajstić information content (AvgIpc) is 2.54. The van der Waals surface area contributed by atoms with Crippen LogP contribution in [-0.4, -0.2) is 43.6 Å². The van der Waals surface area contributed by atoms with Crippen LogP contribution >= 0.6 is 0 Å². The maximum Gasteiger partial charge on any atom is 0.328 e. The third kappa shape index (κ3) is 7.68. The molecule has 0 aliphatic heterocycles. The second kappa shape index (κ2) is 10.3. The van der Waals surface area contributed by atoms with Crippen LogP contribution in [0.4, 0.5) is 4.39 Å². The van der Waals surface area contributed by atoms with Crippen LogP contribution in [0.2, 0.25) is 0 Å². The quantitative estimate of drug-likeness (QED) is 0.640.